The Morgan fingerprint density at radius 1 is 1.31 bits per heavy atom. The summed E-state index contributed by atoms with van der Waals surface area (Å²) in [7, 11) is 1.38. The molecule has 0 aliphatic rings. The summed E-state index contributed by atoms with van der Waals surface area (Å²) in [6, 6.07) is 5.95. The molecule has 0 bridgehead atoms. The minimum absolute atomic E-state index is 0.211. The van der Waals surface area contributed by atoms with E-state index < -0.39 is 5.97 Å². The quantitative estimate of drug-likeness (QED) is 0.456. The minimum Gasteiger partial charge on any atom is -0.469 e. The molecule has 2 aromatic heterocycles. The third-order valence-corrected chi connectivity index (χ3v) is 5.20. The molecule has 29 heavy (non-hydrogen) atoms. The number of aromatic nitrogens is 1. The zero-order valence-corrected chi connectivity index (χ0v) is 17.7. The largest absolute Gasteiger partial charge is 0.469 e. The second-order valence-corrected chi connectivity index (χ2v) is 7.24. The molecule has 0 fully saturated rings. The molecular formula is C21H25N3O4S. The Hall–Kier alpha value is -2.92. The summed E-state index contributed by atoms with van der Waals surface area (Å²) in [5, 5.41) is 14.9. The van der Waals surface area contributed by atoms with E-state index in [1.54, 1.807) is 13.8 Å². The molecule has 2 rings (SSSR count). The number of hydrogen-bond acceptors (Lipinski definition) is 8. The number of anilines is 1. The number of carbonyl (C=O) groups excluding carboxylic acids is 2. The fourth-order valence-electron chi connectivity index (χ4n) is 2.94. The first-order chi connectivity index (χ1) is 14.0. The molecule has 0 unspecified atom stereocenters. The van der Waals surface area contributed by atoms with E-state index in [4.69, 9.17) is 4.74 Å². The lowest BCUT2D eigenvalue weighted by molar-refractivity contribution is -0.140. The van der Waals surface area contributed by atoms with E-state index in [9.17, 15) is 14.9 Å². The molecule has 1 N–H and O–H groups in total. The summed E-state index contributed by atoms with van der Waals surface area (Å²) in [6.07, 6.45) is 2.81. The lowest BCUT2D eigenvalue weighted by Crippen LogP contribution is -2.14. The van der Waals surface area contributed by atoms with Crippen molar-refractivity contribution in [2.75, 3.05) is 25.6 Å². The van der Waals surface area contributed by atoms with Gasteiger partial charge < -0.3 is 14.8 Å². The van der Waals surface area contributed by atoms with Gasteiger partial charge in [0.15, 0.2) is 0 Å². The Labute approximate surface area is 174 Å². The fraction of sp³-hybridized carbons (Fsp3) is 0.429. The molecule has 0 aliphatic carbocycles. The fourth-order valence-corrected chi connectivity index (χ4v) is 3.72. The third-order valence-electron chi connectivity index (χ3n) is 4.31. The first kappa shape index (κ1) is 22.4. The second-order valence-electron chi connectivity index (χ2n) is 6.29. The van der Waals surface area contributed by atoms with Gasteiger partial charge in [-0.05, 0) is 38.1 Å². The average Bonchev–Trinajstić information content (AvgIpc) is 3.24. The monoisotopic (exact) mass is 415 g/mol. The molecule has 0 amide bonds. The Bertz CT molecular complexity index is 888. The van der Waals surface area contributed by atoms with Gasteiger partial charge in [-0.25, -0.2) is 9.78 Å². The number of nitrogens with one attached hydrogen (secondary N) is 1. The first-order valence-corrected chi connectivity index (χ1v) is 10.4. The Morgan fingerprint density at radius 3 is 2.72 bits per heavy atom. The van der Waals surface area contributed by atoms with Crippen molar-refractivity contribution in [2.45, 2.75) is 39.5 Å². The van der Waals surface area contributed by atoms with Gasteiger partial charge in [0.25, 0.3) is 0 Å². The van der Waals surface area contributed by atoms with Crippen LogP contribution in [0, 0.1) is 18.3 Å². The number of nitriles is 1. The van der Waals surface area contributed by atoms with Crippen LogP contribution in [0.3, 0.4) is 0 Å². The van der Waals surface area contributed by atoms with Gasteiger partial charge in [-0.2, -0.15) is 5.26 Å². The molecule has 154 valence electrons. The SMILES string of the molecule is CCOC(=O)c1c(C)nc(NCCCCCC(=O)OC)c(C#N)c1-c1cccs1. The summed E-state index contributed by atoms with van der Waals surface area (Å²) in [5.74, 6) is -0.238. The molecule has 0 aromatic carbocycles. The van der Waals surface area contributed by atoms with Crippen molar-refractivity contribution in [1.82, 2.24) is 4.98 Å². The molecule has 2 aromatic rings. The van der Waals surface area contributed by atoms with Crippen LogP contribution in [0.25, 0.3) is 10.4 Å². The maximum Gasteiger partial charge on any atom is 0.340 e. The first-order valence-electron chi connectivity index (χ1n) is 9.49. The number of hydrogen-bond donors (Lipinski definition) is 1. The van der Waals surface area contributed by atoms with Crippen molar-refractivity contribution < 1.29 is 19.1 Å². The van der Waals surface area contributed by atoms with E-state index in [0.29, 0.717) is 41.2 Å². The lowest BCUT2D eigenvalue weighted by Gasteiger charge is -2.16. The number of carbonyl (C=O) groups is 2. The van der Waals surface area contributed by atoms with Gasteiger partial charge >= 0.3 is 11.9 Å². The highest BCUT2D eigenvalue weighted by atomic mass is 32.1. The van der Waals surface area contributed by atoms with Gasteiger partial charge in [-0.1, -0.05) is 12.5 Å². The van der Waals surface area contributed by atoms with E-state index in [1.807, 2.05) is 17.5 Å². The van der Waals surface area contributed by atoms with Gasteiger partial charge in [0.05, 0.1) is 25.0 Å². The zero-order valence-electron chi connectivity index (χ0n) is 16.9. The number of rotatable bonds is 10. The van der Waals surface area contributed by atoms with Crippen LogP contribution in [-0.4, -0.2) is 37.2 Å². The van der Waals surface area contributed by atoms with Crippen molar-refractivity contribution in [3.05, 3.63) is 34.3 Å². The topological polar surface area (TPSA) is 101 Å². The molecule has 8 heteroatoms. The molecule has 0 saturated carbocycles. The molecule has 0 saturated heterocycles. The van der Waals surface area contributed by atoms with Crippen LogP contribution in [0.2, 0.25) is 0 Å². The maximum absolute atomic E-state index is 12.5. The van der Waals surface area contributed by atoms with E-state index in [1.165, 1.54) is 18.4 Å². The van der Waals surface area contributed by atoms with E-state index in [-0.39, 0.29) is 12.6 Å². The Morgan fingerprint density at radius 2 is 2.10 bits per heavy atom. The zero-order chi connectivity index (χ0) is 21.2. The Balaban J connectivity index is 2.25. The van der Waals surface area contributed by atoms with Crippen molar-refractivity contribution in [3.63, 3.8) is 0 Å². The highest BCUT2D eigenvalue weighted by molar-refractivity contribution is 7.13. The van der Waals surface area contributed by atoms with Crippen LogP contribution >= 0.6 is 11.3 Å². The predicted octanol–water partition coefficient (Wildman–Crippen LogP) is 4.31. The highest BCUT2D eigenvalue weighted by Crippen LogP contribution is 2.36. The Kier molecular flexibility index (Phi) is 8.62. The number of ether oxygens (including phenoxy) is 2. The van der Waals surface area contributed by atoms with Crippen LogP contribution in [0.5, 0.6) is 0 Å². The number of esters is 2. The van der Waals surface area contributed by atoms with E-state index in [2.05, 4.69) is 21.1 Å². The summed E-state index contributed by atoms with van der Waals surface area (Å²) in [6.45, 7) is 4.33. The molecule has 2 heterocycles. The van der Waals surface area contributed by atoms with Gasteiger partial charge in [-0.15, -0.1) is 11.3 Å². The number of pyridine rings is 1. The maximum atomic E-state index is 12.5. The second kappa shape index (κ2) is 11.2. The number of thiophene rings is 1. The highest BCUT2D eigenvalue weighted by Gasteiger charge is 2.25. The summed E-state index contributed by atoms with van der Waals surface area (Å²) in [5.41, 5.74) is 1.73. The standard InChI is InChI=1S/C21H25N3O4S/c1-4-28-21(26)18-14(2)24-20(23-11-7-5-6-10-17(25)27-3)15(13-22)19(18)16-9-8-12-29-16/h8-9,12H,4-7,10-11H2,1-3H3,(H,23,24). The van der Waals surface area contributed by atoms with Gasteiger partial charge in [0.1, 0.15) is 17.5 Å². The van der Waals surface area contributed by atoms with Crippen molar-refractivity contribution in [2.24, 2.45) is 0 Å². The number of unbranched alkanes of at least 4 members (excludes halogenated alkanes) is 2. The number of aryl methyl sites for hydroxylation is 1. The summed E-state index contributed by atoms with van der Waals surface area (Å²) >= 11 is 1.45. The van der Waals surface area contributed by atoms with E-state index in [0.717, 1.165) is 24.1 Å². The smallest absolute Gasteiger partial charge is 0.340 e. The van der Waals surface area contributed by atoms with Gasteiger partial charge in [0.2, 0.25) is 0 Å². The van der Waals surface area contributed by atoms with Crippen LogP contribution < -0.4 is 5.32 Å². The molecule has 0 radical (unpaired) electrons. The predicted molar refractivity (Wildman–Crippen MR) is 112 cm³/mol. The van der Waals surface area contributed by atoms with Crippen LogP contribution in [-0.2, 0) is 14.3 Å². The van der Waals surface area contributed by atoms with Crippen molar-refractivity contribution in [1.29, 1.82) is 5.26 Å². The number of nitrogens with zero attached hydrogens (tertiary/aromatic N) is 2. The van der Waals surface area contributed by atoms with Crippen molar-refractivity contribution >= 4 is 29.1 Å². The lowest BCUT2D eigenvalue weighted by atomic mass is 9.99. The normalized spacial score (nSPS) is 10.3. The van der Waals surface area contributed by atoms with Crippen LogP contribution in [0.15, 0.2) is 17.5 Å². The van der Waals surface area contributed by atoms with Crippen molar-refractivity contribution in [3.8, 4) is 16.5 Å². The van der Waals surface area contributed by atoms with Crippen LogP contribution in [0.1, 0.15) is 54.2 Å². The van der Waals surface area contributed by atoms with E-state index >= 15 is 0 Å². The number of methoxy groups -OCH3 is 1. The summed E-state index contributed by atoms with van der Waals surface area (Å²) in [4.78, 5) is 29.0. The molecule has 0 aliphatic heterocycles. The third kappa shape index (κ3) is 5.78. The van der Waals surface area contributed by atoms with Gasteiger partial charge in [-0.3, -0.25) is 4.79 Å². The molecular weight excluding hydrogens is 390 g/mol. The van der Waals surface area contributed by atoms with Crippen LogP contribution in [0.4, 0.5) is 5.82 Å². The summed E-state index contributed by atoms with van der Waals surface area (Å²) < 4.78 is 9.83. The molecule has 0 atom stereocenters. The minimum atomic E-state index is -0.480. The van der Waals surface area contributed by atoms with Gasteiger partial charge in [0, 0.05) is 23.4 Å². The molecule has 7 nitrogen and oxygen atoms in total. The average molecular weight is 416 g/mol. The molecule has 0 spiro atoms.